The highest BCUT2D eigenvalue weighted by Gasteiger charge is 2.20. The van der Waals surface area contributed by atoms with Crippen LogP contribution in [0.4, 0.5) is 5.00 Å². The van der Waals surface area contributed by atoms with Gasteiger partial charge in [-0.05, 0) is 93.3 Å². The molecule has 3 aromatic rings. The highest BCUT2D eigenvalue weighted by Crippen LogP contribution is 2.40. The minimum atomic E-state index is 0.497. The van der Waals surface area contributed by atoms with Crippen LogP contribution in [0.15, 0.2) is 50.3 Å². The first-order valence-electron chi connectivity index (χ1n) is 9.81. The van der Waals surface area contributed by atoms with Crippen LogP contribution in [-0.4, -0.2) is 6.21 Å². The fourth-order valence-corrected chi connectivity index (χ4v) is 6.16. The highest BCUT2D eigenvalue weighted by atomic mass is 79.9. The molecule has 6 heteroatoms. The minimum absolute atomic E-state index is 0.497. The van der Waals surface area contributed by atoms with Crippen LogP contribution in [0.1, 0.15) is 45.5 Å². The third-order valence-corrected chi connectivity index (χ3v) is 7.50. The van der Waals surface area contributed by atoms with Gasteiger partial charge in [0.15, 0.2) is 0 Å². The molecule has 0 aliphatic heterocycles. The van der Waals surface area contributed by atoms with Crippen molar-refractivity contribution >= 4 is 54.4 Å². The fraction of sp³-hybridized carbons (Fsp3) is 0.250. The van der Waals surface area contributed by atoms with Gasteiger partial charge in [0.2, 0.25) is 0 Å². The molecule has 4 rings (SSSR count). The molecule has 1 aliphatic carbocycles. The molecule has 0 saturated heterocycles. The maximum atomic E-state index is 9.60. The summed E-state index contributed by atoms with van der Waals surface area (Å²) in [6.07, 6.45) is 6.23. The minimum Gasteiger partial charge on any atom is -0.487 e. The highest BCUT2D eigenvalue weighted by molar-refractivity contribution is 9.11. The monoisotopic (exact) mass is 542 g/mol. The number of halogens is 2. The second kappa shape index (κ2) is 9.47. The summed E-state index contributed by atoms with van der Waals surface area (Å²) in [7, 11) is 0. The van der Waals surface area contributed by atoms with Crippen LogP contribution in [-0.2, 0) is 19.4 Å². The summed E-state index contributed by atoms with van der Waals surface area (Å²) in [5, 5.41) is 10.4. The van der Waals surface area contributed by atoms with Crippen molar-refractivity contribution in [3.63, 3.8) is 0 Å². The number of ether oxygens (including phenoxy) is 1. The summed E-state index contributed by atoms with van der Waals surface area (Å²) in [6.45, 7) is 2.57. The lowest BCUT2D eigenvalue weighted by Crippen LogP contribution is -1.99. The van der Waals surface area contributed by atoms with Gasteiger partial charge in [-0.2, -0.15) is 5.26 Å². The van der Waals surface area contributed by atoms with Crippen molar-refractivity contribution in [3.05, 3.63) is 78.0 Å². The van der Waals surface area contributed by atoms with Gasteiger partial charge in [-0.1, -0.05) is 29.8 Å². The van der Waals surface area contributed by atoms with Crippen LogP contribution in [0.2, 0.25) is 0 Å². The summed E-state index contributed by atoms with van der Waals surface area (Å²) in [5.41, 5.74) is 5.25. The van der Waals surface area contributed by atoms with E-state index in [1.165, 1.54) is 22.4 Å². The van der Waals surface area contributed by atoms with Crippen LogP contribution in [0.5, 0.6) is 5.75 Å². The predicted molar refractivity (Wildman–Crippen MR) is 130 cm³/mol. The van der Waals surface area contributed by atoms with Crippen molar-refractivity contribution in [1.29, 1.82) is 5.26 Å². The molecule has 0 saturated carbocycles. The summed E-state index contributed by atoms with van der Waals surface area (Å²) in [4.78, 5) is 5.98. The standard InChI is InChI=1S/C24H20Br2N2OS/c1-15-6-8-16(9-7-15)14-29-23-20(25)10-17(11-21(23)26)13-28-24-19(12-27)18-4-2-3-5-22(18)30-24/h6-11,13H,2-5,14H2,1H3. The van der Waals surface area contributed by atoms with Gasteiger partial charge in [-0.25, -0.2) is 4.99 Å². The Labute approximate surface area is 197 Å². The van der Waals surface area contributed by atoms with Gasteiger partial charge in [0.1, 0.15) is 23.4 Å². The van der Waals surface area contributed by atoms with Gasteiger partial charge < -0.3 is 4.74 Å². The Balaban J connectivity index is 1.53. The average molecular weight is 544 g/mol. The summed E-state index contributed by atoms with van der Waals surface area (Å²) in [6, 6.07) is 14.7. The van der Waals surface area contributed by atoms with Crippen molar-refractivity contribution in [2.75, 3.05) is 0 Å². The molecule has 1 heterocycles. The Morgan fingerprint density at radius 1 is 1.13 bits per heavy atom. The van der Waals surface area contributed by atoms with E-state index in [-0.39, 0.29) is 0 Å². The number of thiophene rings is 1. The second-order valence-electron chi connectivity index (χ2n) is 7.35. The topological polar surface area (TPSA) is 45.4 Å². The molecule has 0 spiro atoms. The van der Waals surface area contributed by atoms with Gasteiger partial charge in [0.25, 0.3) is 0 Å². The summed E-state index contributed by atoms with van der Waals surface area (Å²) in [5.74, 6) is 0.761. The first kappa shape index (κ1) is 21.3. The van der Waals surface area contributed by atoms with E-state index < -0.39 is 0 Å². The molecule has 0 radical (unpaired) electrons. The number of hydrogen-bond acceptors (Lipinski definition) is 4. The van der Waals surface area contributed by atoms with Gasteiger partial charge in [-0.15, -0.1) is 11.3 Å². The maximum Gasteiger partial charge on any atom is 0.148 e. The van der Waals surface area contributed by atoms with Gasteiger partial charge in [0, 0.05) is 11.1 Å². The number of aliphatic imine (C=N–C) groups is 1. The molecule has 1 aliphatic rings. The zero-order valence-electron chi connectivity index (χ0n) is 16.5. The van der Waals surface area contributed by atoms with Crippen LogP contribution in [0, 0.1) is 18.3 Å². The van der Waals surface area contributed by atoms with Gasteiger partial charge >= 0.3 is 0 Å². The summed E-state index contributed by atoms with van der Waals surface area (Å²) < 4.78 is 7.74. The molecule has 30 heavy (non-hydrogen) atoms. The smallest absolute Gasteiger partial charge is 0.148 e. The Bertz CT molecular complexity index is 1120. The lowest BCUT2D eigenvalue weighted by molar-refractivity contribution is 0.302. The number of hydrogen-bond donors (Lipinski definition) is 0. The Morgan fingerprint density at radius 2 is 1.83 bits per heavy atom. The molecule has 3 nitrogen and oxygen atoms in total. The molecule has 152 valence electrons. The largest absolute Gasteiger partial charge is 0.487 e. The van der Waals surface area contributed by atoms with E-state index in [9.17, 15) is 5.26 Å². The lowest BCUT2D eigenvalue weighted by atomic mass is 9.96. The Morgan fingerprint density at radius 3 is 2.53 bits per heavy atom. The molecule has 0 atom stereocenters. The van der Waals surface area contributed by atoms with Crippen LogP contribution in [0.25, 0.3) is 0 Å². The third kappa shape index (κ3) is 4.69. The number of benzene rings is 2. The molecular formula is C24H20Br2N2OS. The Kier molecular flexibility index (Phi) is 6.72. The first-order chi connectivity index (χ1) is 14.5. The maximum absolute atomic E-state index is 9.60. The second-order valence-corrected chi connectivity index (χ2v) is 10.1. The van der Waals surface area contributed by atoms with E-state index in [4.69, 9.17) is 4.74 Å². The number of rotatable bonds is 5. The number of aryl methyl sites for hydroxylation is 2. The number of nitriles is 1. The van der Waals surface area contributed by atoms with Gasteiger partial charge in [-0.3, -0.25) is 0 Å². The van der Waals surface area contributed by atoms with Crippen molar-refractivity contribution in [3.8, 4) is 11.8 Å². The van der Waals surface area contributed by atoms with E-state index in [0.717, 1.165) is 55.6 Å². The normalized spacial score (nSPS) is 13.3. The SMILES string of the molecule is Cc1ccc(COc2c(Br)cc(C=Nc3sc4c(c3C#N)CCCC4)cc2Br)cc1. The van der Waals surface area contributed by atoms with Crippen molar-refractivity contribution in [2.24, 2.45) is 4.99 Å². The predicted octanol–water partition coefficient (Wildman–Crippen LogP) is 7.66. The molecule has 0 bridgehead atoms. The molecule has 0 unspecified atom stereocenters. The van der Waals surface area contributed by atoms with Gasteiger partial charge in [0.05, 0.1) is 14.5 Å². The Hall–Kier alpha value is -1.94. The van der Waals surface area contributed by atoms with E-state index in [1.54, 1.807) is 11.3 Å². The van der Waals surface area contributed by atoms with E-state index in [0.29, 0.717) is 6.61 Å². The van der Waals surface area contributed by atoms with Crippen molar-refractivity contribution in [1.82, 2.24) is 0 Å². The van der Waals surface area contributed by atoms with Crippen LogP contribution >= 0.6 is 43.2 Å². The first-order valence-corrected chi connectivity index (χ1v) is 12.2. The number of fused-ring (bicyclic) bond motifs is 1. The molecule has 0 N–H and O–H groups in total. The molecule has 0 fully saturated rings. The van der Waals surface area contributed by atoms with Crippen LogP contribution < -0.4 is 4.74 Å². The third-order valence-electron chi connectivity index (χ3n) is 5.12. The quantitative estimate of drug-likeness (QED) is 0.310. The summed E-state index contributed by atoms with van der Waals surface area (Å²) >= 11 is 8.89. The molecular weight excluding hydrogens is 524 g/mol. The lowest BCUT2D eigenvalue weighted by Gasteiger charge is -2.11. The van der Waals surface area contributed by atoms with E-state index in [1.807, 2.05) is 18.3 Å². The molecule has 1 aromatic heterocycles. The van der Waals surface area contributed by atoms with Crippen molar-refractivity contribution in [2.45, 2.75) is 39.2 Å². The van der Waals surface area contributed by atoms with Crippen molar-refractivity contribution < 1.29 is 4.74 Å². The van der Waals surface area contributed by atoms with E-state index in [2.05, 4.69) is 74.1 Å². The molecule has 2 aromatic carbocycles. The average Bonchev–Trinajstić information content (AvgIpc) is 3.10. The zero-order valence-corrected chi connectivity index (χ0v) is 20.5. The van der Waals surface area contributed by atoms with Crippen LogP contribution in [0.3, 0.4) is 0 Å². The zero-order chi connectivity index (χ0) is 21.1. The fourth-order valence-electron chi connectivity index (χ4n) is 3.52. The molecule has 0 amide bonds. The van der Waals surface area contributed by atoms with E-state index >= 15 is 0 Å². The number of nitrogens with zero attached hydrogens (tertiary/aromatic N) is 2.